The van der Waals surface area contributed by atoms with Crippen LogP contribution in [0.3, 0.4) is 0 Å². The molecule has 1 heterocycles. The van der Waals surface area contributed by atoms with Gasteiger partial charge >= 0.3 is 0 Å². The van der Waals surface area contributed by atoms with Crippen molar-refractivity contribution in [3.05, 3.63) is 12.2 Å². The molecule has 0 radical (unpaired) electrons. The van der Waals surface area contributed by atoms with Crippen LogP contribution in [0, 0.1) is 5.92 Å². The highest BCUT2D eigenvalue weighted by molar-refractivity contribution is 5.80. The first-order valence-electron chi connectivity index (χ1n) is 7.75. The first-order chi connectivity index (χ1) is 9.81. The maximum atomic E-state index is 4.62. The van der Waals surface area contributed by atoms with Gasteiger partial charge in [0.2, 0.25) is 0 Å². The summed E-state index contributed by atoms with van der Waals surface area (Å²) in [5, 5.41) is 14.8. The van der Waals surface area contributed by atoms with Crippen LogP contribution < -0.4 is 10.6 Å². The molecule has 0 saturated carbocycles. The molecule has 120 valence electrons. The first-order valence-corrected chi connectivity index (χ1v) is 7.75. The Balaban J connectivity index is 2.54. The van der Waals surface area contributed by atoms with Gasteiger partial charge in [-0.1, -0.05) is 20.8 Å². The largest absolute Gasteiger partial charge is 0.355 e. The quantitative estimate of drug-likeness (QED) is 0.620. The molecule has 2 N–H and O–H groups in total. The summed E-state index contributed by atoms with van der Waals surface area (Å²) in [7, 11) is 0. The Kier molecular flexibility index (Phi) is 6.65. The van der Waals surface area contributed by atoms with Gasteiger partial charge in [-0.15, -0.1) is 10.2 Å². The number of nitrogens with one attached hydrogen (secondary N) is 2. The van der Waals surface area contributed by atoms with Crippen molar-refractivity contribution < 1.29 is 0 Å². The van der Waals surface area contributed by atoms with Crippen molar-refractivity contribution in [2.75, 3.05) is 13.1 Å². The Labute approximate surface area is 128 Å². The maximum Gasteiger partial charge on any atom is 0.191 e. The molecule has 0 saturated heterocycles. The monoisotopic (exact) mass is 294 g/mol. The SMILES string of the molecule is CCc1nncn1CCNC(=NCC(C)C)NC(C)(C)C. The Morgan fingerprint density at radius 2 is 2.10 bits per heavy atom. The summed E-state index contributed by atoms with van der Waals surface area (Å²) in [6, 6.07) is 0. The normalized spacial score (nSPS) is 12.8. The van der Waals surface area contributed by atoms with Crippen LogP contribution in [0.2, 0.25) is 0 Å². The molecule has 6 heteroatoms. The molecule has 0 spiro atoms. The molecule has 0 aromatic carbocycles. The predicted octanol–water partition coefficient (Wildman–Crippen LogP) is 1.83. The van der Waals surface area contributed by atoms with Gasteiger partial charge in [-0.3, -0.25) is 4.99 Å². The molecule has 0 fully saturated rings. The van der Waals surface area contributed by atoms with Gasteiger partial charge in [-0.25, -0.2) is 0 Å². The number of hydrogen-bond acceptors (Lipinski definition) is 3. The smallest absolute Gasteiger partial charge is 0.191 e. The fourth-order valence-electron chi connectivity index (χ4n) is 1.80. The molecule has 1 rings (SSSR count). The highest BCUT2D eigenvalue weighted by Crippen LogP contribution is 1.99. The van der Waals surface area contributed by atoms with Crippen molar-refractivity contribution in [2.45, 2.75) is 60.0 Å². The summed E-state index contributed by atoms with van der Waals surface area (Å²) in [6.07, 6.45) is 2.68. The molecular formula is C15H30N6. The zero-order chi connectivity index (χ0) is 15.9. The van der Waals surface area contributed by atoms with Gasteiger partial charge in [0, 0.05) is 31.6 Å². The van der Waals surface area contributed by atoms with Crippen molar-refractivity contribution in [1.82, 2.24) is 25.4 Å². The number of nitrogens with zero attached hydrogens (tertiary/aromatic N) is 4. The van der Waals surface area contributed by atoms with Crippen LogP contribution in [-0.4, -0.2) is 39.4 Å². The molecule has 0 aliphatic carbocycles. The average molecular weight is 294 g/mol. The second kappa shape index (κ2) is 8.00. The second-order valence-electron chi connectivity index (χ2n) is 6.68. The molecule has 0 bridgehead atoms. The van der Waals surface area contributed by atoms with Crippen molar-refractivity contribution in [1.29, 1.82) is 0 Å². The van der Waals surface area contributed by atoms with E-state index in [1.807, 2.05) is 0 Å². The van der Waals surface area contributed by atoms with E-state index in [0.717, 1.165) is 37.8 Å². The number of aliphatic imine (C=N–C) groups is 1. The lowest BCUT2D eigenvalue weighted by Gasteiger charge is -2.24. The zero-order valence-electron chi connectivity index (χ0n) is 14.3. The van der Waals surface area contributed by atoms with Gasteiger partial charge in [0.15, 0.2) is 5.96 Å². The van der Waals surface area contributed by atoms with E-state index in [2.05, 4.69) is 71.9 Å². The van der Waals surface area contributed by atoms with Crippen LogP contribution in [0.15, 0.2) is 11.3 Å². The van der Waals surface area contributed by atoms with E-state index in [4.69, 9.17) is 0 Å². The second-order valence-corrected chi connectivity index (χ2v) is 6.68. The zero-order valence-corrected chi connectivity index (χ0v) is 14.3. The van der Waals surface area contributed by atoms with Gasteiger partial charge in [0.05, 0.1) is 0 Å². The van der Waals surface area contributed by atoms with Crippen molar-refractivity contribution in [2.24, 2.45) is 10.9 Å². The van der Waals surface area contributed by atoms with Crippen molar-refractivity contribution in [3.63, 3.8) is 0 Å². The molecule has 1 aromatic heterocycles. The first kappa shape index (κ1) is 17.5. The summed E-state index contributed by atoms with van der Waals surface area (Å²) in [6.45, 7) is 15.3. The molecule has 6 nitrogen and oxygen atoms in total. The molecule has 0 amide bonds. The summed E-state index contributed by atoms with van der Waals surface area (Å²) < 4.78 is 2.07. The standard InChI is InChI=1S/C15H30N6/c1-7-13-20-18-11-21(13)9-8-16-14(17-10-12(2)3)19-15(4,5)6/h11-12H,7-10H2,1-6H3,(H2,16,17,19). The maximum absolute atomic E-state index is 4.62. The van der Waals surface area contributed by atoms with E-state index in [1.165, 1.54) is 0 Å². The highest BCUT2D eigenvalue weighted by atomic mass is 15.3. The third kappa shape index (κ3) is 7.11. The van der Waals surface area contributed by atoms with Crippen LogP contribution in [0.25, 0.3) is 0 Å². The molecule has 21 heavy (non-hydrogen) atoms. The minimum absolute atomic E-state index is 0.00600. The number of rotatable bonds is 6. The van der Waals surface area contributed by atoms with Gasteiger partial charge in [0.25, 0.3) is 0 Å². The third-order valence-electron chi connectivity index (χ3n) is 2.77. The van der Waals surface area contributed by atoms with E-state index < -0.39 is 0 Å². The van der Waals surface area contributed by atoms with E-state index in [9.17, 15) is 0 Å². The number of aromatic nitrogens is 3. The fraction of sp³-hybridized carbons (Fsp3) is 0.800. The van der Waals surface area contributed by atoms with E-state index in [-0.39, 0.29) is 5.54 Å². The van der Waals surface area contributed by atoms with Gasteiger partial charge in [-0.2, -0.15) is 0 Å². The lowest BCUT2D eigenvalue weighted by Crippen LogP contribution is -2.48. The van der Waals surface area contributed by atoms with Crippen molar-refractivity contribution in [3.8, 4) is 0 Å². The molecule has 0 unspecified atom stereocenters. The van der Waals surface area contributed by atoms with Crippen LogP contribution in [-0.2, 0) is 13.0 Å². The fourth-order valence-corrected chi connectivity index (χ4v) is 1.80. The van der Waals surface area contributed by atoms with Crippen LogP contribution in [0.4, 0.5) is 0 Å². The molecule has 0 atom stereocenters. The number of aryl methyl sites for hydroxylation is 1. The lowest BCUT2D eigenvalue weighted by molar-refractivity contribution is 0.496. The molecule has 0 aliphatic heterocycles. The van der Waals surface area contributed by atoms with Gasteiger partial charge < -0.3 is 15.2 Å². The molecule has 0 aliphatic rings. The lowest BCUT2D eigenvalue weighted by atomic mass is 10.1. The van der Waals surface area contributed by atoms with Gasteiger partial charge in [0.1, 0.15) is 12.2 Å². The summed E-state index contributed by atoms with van der Waals surface area (Å²) in [5.41, 5.74) is -0.00600. The minimum Gasteiger partial charge on any atom is -0.355 e. The molecule has 1 aromatic rings. The Morgan fingerprint density at radius 1 is 1.38 bits per heavy atom. The molecular weight excluding hydrogens is 264 g/mol. The Bertz CT molecular complexity index is 441. The number of hydrogen-bond donors (Lipinski definition) is 2. The van der Waals surface area contributed by atoms with E-state index in [1.54, 1.807) is 6.33 Å². The van der Waals surface area contributed by atoms with Gasteiger partial charge in [-0.05, 0) is 26.7 Å². The number of guanidine groups is 1. The Morgan fingerprint density at radius 3 is 2.67 bits per heavy atom. The van der Waals surface area contributed by atoms with E-state index >= 15 is 0 Å². The predicted molar refractivity (Wildman–Crippen MR) is 87.4 cm³/mol. The summed E-state index contributed by atoms with van der Waals surface area (Å²) >= 11 is 0. The topological polar surface area (TPSA) is 67.1 Å². The third-order valence-corrected chi connectivity index (χ3v) is 2.77. The summed E-state index contributed by atoms with van der Waals surface area (Å²) in [5.74, 6) is 2.43. The Hall–Kier alpha value is -1.59. The summed E-state index contributed by atoms with van der Waals surface area (Å²) in [4.78, 5) is 4.62. The van der Waals surface area contributed by atoms with Crippen molar-refractivity contribution >= 4 is 5.96 Å². The van der Waals surface area contributed by atoms with E-state index in [0.29, 0.717) is 5.92 Å². The van der Waals surface area contributed by atoms with Crippen LogP contribution >= 0.6 is 0 Å². The average Bonchev–Trinajstić information content (AvgIpc) is 2.81. The minimum atomic E-state index is -0.00600. The van der Waals surface area contributed by atoms with Crippen LogP contribution in [0.1, 0.15) is 47.4 Å². The van der Waals surface area contributed by atoms with Crippen LogP contribution in [0.5, 0.6) is 0 Å². The highest BCUT2D eigenvalue weighted by Gasteiger charge is 2.12.